The van der Waals surface area contributed by atoms with Gasteiger partial charge >= 0.3 is 0 Å². The Morgan fingerprint density at radius 1 is 1.10 bits per heavy atom. The number of hydrogen-bond acceptors (Lipinski definition) is 4. The first-order valence-electron chi connectivity index (χ1n) is 10.5. The van der Waals surface area contributed by atoms with Gasteiger partial charge in [0.05, 0.1) is 18.0 Å². The quantitative estimate of drug-likeness (QED) is 0.616. The number of nitrogens with zero attached hydrogens (tertiary/aromatic N) is 2. The van der Waals surface area contributed by atoms with Crippen LogP contribution < -0.4 is 4.72 Å². The van der Waals surface area contributed by atoms with Crippen LogP contribution in [0.25, 0.3) is 11.1 Å². The molecule has 2 atom stereocenters. The van der Waals surface area contributed by atoms with E-state index in [0.717, 1.165) is 22.4 Å². The number of sulfonamides is 1. The van der Waals surface area contributed by atoms with Crippen LogP contribution >= 0.6 is 0 Å². The smallest absolute Gasteiger partial charge is 0.209 e. The number of fused-ring (bicyclic) bond motifs is 1. The topological polar surface area (TPSA) is 84.2 Å². The van der Waals surface area contributed by atoms with Crippen molar-refractivity contribution in [1.29, 1.82) is 0 Å². The largest absolute Gasteiger partial charge is 0.384 e. The highest BCUT2D eigenvalue weighted by Gasteiger charge is 2.34. The Morgan fingerprint density at radius 2 is 1.81 bits per heavy atom. The molecule has 0 saturated carbocycles. The van der Waals surface area contributed by atoms with Crippen LogP contribution in [-0.4, -0.2) is 35.6 Å². The summed E-state index contributed by atoms with van der Waals surface area (Å²) >= 11 is 0. The van der Waals surface area contributed by atoms with Gasteiger partial charge in [0.25, 0.3) is 0 Å². The number of benzene rings is 2. The van der Waals surface area contributed by atoms with Gasteiger partial charge < -0.3 is 5.11 Å². The van der Waals surface area contributed by atoms with Crippen molar-refractivity contribution in [3.8, 4) is 11.1 Å². The highest BCUT2D eigenvalue weighted by atomic mass is 32.2. The number of aromatic nitrogens is 2. The maximum absolute atomic E-state index is 12.0. The van der Waals surface area contributed by atoms with E-state index in [0.29, 0.717) is 25.0 Å². The molecule has 7 heteroatoms. The van der Waals surface area contributed by atoms with Crippen molar-refractivity contribution in [3.05, 3.63) is 77.6 Å². The van der Waals surface area contributed by atoms with Gasteiger partial charge in [-0.15, -0.1) is 0 Å². The second-order valence-electron chi connectivity index (χ2n) is 8.90. The highest BCUT2D eigenvalue weighted by molar-refractivity contribution is 7.88. The van der Waals surface area contributed by atoms with Crippen LogP contribution in [0.15, 0.2) is 60.7 Å². The minimum atomic E-state index is -3.36. The Hall–Kier alpha value is -2.48. The predicted molar refractivity (Wildman–Crippen MR) is 122 cm³/mol. The number of aliphatic hydroxyl groups is 1. The molecule has 0 aliphatic carbocycles. The highest BCUT2D eigenvalue weighted by Crippen LogP contribution is 2.32. The lowest BCUT2D eigenvalue weighted by Crippen LogP contribution is -2.45. The minimum absolute atomic E-state index is 0.180. The lowest BCUT2D eigenvalue weighted by molar-refractivity contribution is 0.0725. The monoisotopic (exact) mass is 439 g/mol. The third-order valence-corrected chi connectivity index (χ3v) is 6.51. The third kappa shape index (κ3) is 5.06. The van der Waals surface area contributed by atoms with Crippen LogP contribution in [0.2, 0.25) is 0 Å². The second kappa shape index (κ2) is 8.22. The Bertz CT molecular complexity index is 1160. The molecule has 2 aromatic carbocycles. The van der Waals surface area contributed by atoms with E-state index in [4.69, 9.17) is 5.10 Å². The summed E-state index contributed by atoms with van der Waals surface area (Å²) in [4.78, 5) is 0. The molecular formula is C24H29N3O3S. The zero-order valence-corrected chi connectivity index (χ0v) is 18.9. The number of aryl methyl sites for hydroxylation is 1. The van der Waals surface area contributed by atoms with E-state index in [-0.39, 0.29) is 12.1 Å². The average molecular weight is 440 g/mol. The van der Waals surface area contributed by atoms with E-state index in [2.05, 4.69) is 35.1 Å². The summed E-state index contributed by atoms with van der Waals surface area (Å²) in [5.41, 5.74) is 3.95. The fraction of sp³-hybridized carbons (Fsp3) is 0.375. The van der Waals surface area contributed by atoms with Crippen molar-refractivity contribution in [3.63, 3.8) is 0 Å². The third-order valence-electron chi connectivity index (χ3n) is 5.77. The molecule has 31 heavy (non-hydrogen) atoms. The van der Waals surface area contributed by atoms with Gasteiger partial charge in [0.15, 0.2) is 0 Å². The molecule has 164 valence electrons. The Kier molecular flexibility index (Phi) is 5.77. The lowest BCUT2D eigenvalue weighted by Gasteiger charge is -2.33. The molecular weight excluding hydrogens is 410 g/mol. The van der Waals surface area contributed by atoms with Crippen molar-refractivity contribution < 1.29 is 13.5 Å². The van der Waals surface area contributed by atoms with Gasteiger partial charge in [-0.25, -0.2) is 13.1 Å². The standard InChI is InChI=1S/C24H29N3O3S/c1-24(2,28)23-16-20-12-13-21(26-31(3,29)30)22(27(20)25-23)15-17-8-7-11-19(14-17)18-9-5-4-6-10-18/h4-11,14,16,21-22,26,28H,12-13,15H2,1-3H3. The maximum atomic E-state index is 12.0. The Morgan fingerprint density at radius 3 is 2.48 bits per heavy atom. The molecule has 1 aromatic heterocycles. The summed E-state index contributed by atoms with van der Waals surface area (Å²) in [6.45, 7) is 3.43. The average Bonchev–Trinajstić information content (AvgIpc) is 3.15. The molecule has 6 nitrogen and oxygen atoms in total. The fourth-order valence-corrected chi connectivity index (χ4v) is 5.09. The number of hydrogen-bond donors (Lipinski definition) is 2. The van der Waals surface area contributed by atoms with Crippen molar-refractivity contribution in [2.24, 2.45) is 0 Å². The van der Waals surface area contributed by atoms with Gasteiger partial charge in [0, 0.05) is 11.7 Å². The molecule has 2 unspecified atom stereocenters. The number of rotatable bonds is 6. The van der Waals surface area contributed by atoms with Crippen molar-refractivity contribution in [2.75, 3.05) is 6.26 Å². The SMILES string of the molecule is CC(C)(O)c1cc2n(n1)C(Cc1cccc(-c3ccccc3)c1)C(NS(C)(=O)=O)CC2. The zero-order valence-electron chi connectivity index (χ0n) is 18.1. The van der Waals surface area contributed by atoms with Crippen molar-refractivity contribution in [2.45, 2.75) is 50.8 Å². The van der Waals surface area contributed by atoms with Gasteiger partial charge in [-0.3, -0.25) is 4.68 Å². The molecule has 2 heterocycles. The van der Waals surface area contributed by atoms with Crippen LogP contribution in [0.3, 0.4) is 0 Å². The van der Waals surface area contributed by atoms with Crippen LogP contribution in [0.1, 0.15) is 43.3 Å². The number of nitrogens with one attached hydrogen (secondary N) is 1. The van der Waals surface area contributed by atoms with Crippen molar-refractivity contribution >= 4 is 10.0 Å². The van der Waals surface area contributed by atoms with Crippen LogP contribution in [-0.2, 0) is 28.5 Å². The first-order chi connectivity index (χ1) is 14.6. The van der Waals surface area contributed by atoms with E-state index in [1.807, 2.05) is 35.0 Å². The summed E-state index contributed by atoms with van der Waals surface area (Å²) in [7, 11) is -3.36. The minimum Gasteiger partial charge on any atom is -0.384 e. The Labute approximate surface area is 184 Å². The molecule has 1 aliphatic heterocycles. The fourth-order valence-electron chi connectivity index (χ4n) is 4.26. The van der Waals surface area contributed by atoms with E-state index in [1.54, 1.807) is 13.8 Å². The van der Waals surface area contributed by atoms with Crippen LogP contribution in [0, 0.1) is 0 Å². The molecule has 1 aliphatic rings. The normalized spacial score (nSPS) is 19.2. The summed E-state index contributed by atoms with van der Waals surface area (Å²) < 4.78 is 28.8. The first-order valence-corrected chi connectivity index (χ1v) is 12.4. The predicted octanol–water partition coefficient (Wildman–Crippen LogP) is 3.43. The summed E-state index contributed by atoms with van der Waals surface area (Å²) in [6, 6.07) is 20.0. The molecule has 0 spiro atoms. The molecule has 3 aromatic rings. The van der Waals surface area contributed by atoms with Crippen LogP contribution in [0.4, 0.5) is 0 Å². The molecule has 0 bridgehead atoms. The molecule has 0 radical (unpaired) electrons. The van der Waals surface area contributed by atoms with Crippen LogP contribution in [0.5, 0.6) is 0 Å². The molecule has 0 fully saturated rings. The molecule has 0 saturated heterocycles. The van der Waals surface area contributed by atoms with E-state index >= 15 is 0 Å². The lowest BCUT2D eigenvalue weighted by atomic mass is 9.91. The van der Waals surface area contributed by atoms with Crippen molar-refractivity contribution in [1.82, 2.24) is 14.5 Å². The summed E-state index contributed by atoms with van der Waals surface area (Å²) in [5, 5.41) is 15.1. The summed E-state index contributed by atoms with van der Waals surface area (Å²) in [5.74, 6) is 0. The second-order valence-corrected chi connectivity index (χ2v) is 10.7. The van der Waals surface area contributed by atoms with Gasteiger partial charge in [-0.2, -0.15) is 5.10 Å². The van der Waals surface area contributed by atoms with Gasteiger partial charge in [0.2, 0.25) is 10.0 Å². The molecule has 2 N–H and O–H groups in total. The van der Waals surface area contributed by atoms with E-state index < -0.39 is 15.6 Å². The summed E-state index contributed by atoms with van der Waals surface area (Å²) in [6.07, 6.45) is 3.22. The molecule has 0 amide bonds. The Balaban J connectivity index is 1.71. The van der Waals surface area contributed by atoms with E-state index in [1.165, 1.54) is 6.26 Å². The first kappa shape index (κ1) is 21.7. The van der Waals surface area contributed by atoms with E-state index in [9.17, 15) is 13.5 Å². The van der Waals surface area contributed by atoms with Gasteiger partial charge in [-0.05, 0) is 55.9 Å². The van der Waals surface area contributed by atoms with Gasteiger partial charge in [-0.1, -0.05) is 54.6 Å². The maximum Gasteiger partial charge on any atom is 0.209 e. The molecule has 4 rings (SSSR count). The zero-order chi connectivity index (χ0) is 22.2. The van der Waals surface area contributed by atoms with Gasteiger partial charge in [0.1, 0.15) is 5.60 Å².